The molecule has 1 saturated heterocycles. The fourth-order valence-electron chi connectivity index (χ4n) is 2.19. The van der Waals surface area contributed by atoms with Gasteiger partial charge in [-0.1, -0.05) is 0 Å². The van der Waals surface area contributed by atoms with E-state index in [4.69, 9.17) is 4.74 Å². The van der Waals surface area contributed by atoms with Crippen molar-refractivity contribution < 1.29 is 21.8 Å². The van der Waals surface area contributed by atoms with E-state index in [0.29, 0.717) is 13.0 Å². The molecule has 0 aromatic heterocycles. The normalized spacial score (nSPS) is 20.6. The zero-order valence-corrected chi connectivity index (χ0v) is 12.5. The maximum absolute atomic E-state index is 12.4. The molecule has 0 bridgehead atoms. The van der Waals surface area contributed by atoms with E-state index in [2.05, 4.69) is 0 Å². The van der Waals surface area contributed by atoms with Crippen molar-refractivity contribution in [2.75, 3.05) is 12.3 Å². The molecule has 0 aliphatic carbocycles. The van der Waals surface area contributed by atoms with Gasteiger partial charge in [0.05, 0.1) is 5.75 Å². The minimum atomic E-state index is -4.42. The molecule has 112 valence electrons. The van der Waals surface area contributed by atoms with Crippen LogP contribution in [0.2, 0.25) is 0 Å². The lowest BCUT2D eigenvalue weighted by molar-refractivity contribution is 0.0220. The zero-order valence-electron chi connectivity index (χ0n) is 11.7. The summed E-state index contributed by atoms with van der Waals surface area (Å²) in [6.45, 7) is 6.00. The Morgan fingerprint density at radius 2 is 2.05 bits per heavy atom. The predicted molar refractivity (Wildman–Crippen MR) is 70.1 cm³/mol. The molecule has 1 rings (SSSR count). The van der Waals surface area contributed by atoms with E-state index in [-0.39, 0.29) is 18.6 Å². The molecule has 1 heterocycles. The van der Waals surface area contributed by atoms with Crippen LogP contribution in [0.5, 0.6) is 0 Å². The molecule has 1 atom stereocenters. The van der Waals surface area contributed by atoms with Crippen LogP contribution in [0, 0.1) is 0 Å². The monoisotopic (exact) mass is 295 g/mol. The van der Waals surface area contributed by atoms with E-state index in [1.807, 2.05) is 0 Å². The minimum absolute atomic E-state index is 0.0448. The van der Waals surface area contributed by atoms with Crippen molar-refractivity contribution in [1.29, 1.82) is 0 Å². The number of carbonyl (C=O) groups is 1. The van der Waals surface area contributed by atoms with Crippen LogP contribution in [0.15, 0.2) is 0 Å². The van der Waals surface area contributed by atoms with Crippen molar-refractivity contribution in [3.05, 3.63) is 0 Å². The number of carbonyl (C=O) groups excluding carboxylic acids is 1. The summed E-state index contributed by atoms with van der Waals surface area (Å²) in [5.41, 5.74) is -0.549. The SMILES string of the molecule is CC(C)(C)OC(=O)N1CCCC1CCCS(=O)(=O)F. The molecule has 0 saturated carbocycles. The van der Waals surface area contributed by atoms with Crippen LogP contribution in [0.3, 0.4) is 0 Å². The summed E-state index contributed by atoms with van der Waals surface area (Å²) in [5.74, 6) is -0.480. The summed E-state index contributed by atoms with van der Waals surface area (Å²) in [6, 6.07) is -0.0448. The van der Waals surface area contributed by atoms with Crippen LogP contribution >= 0.6 is 0 Å². The first-order chi connectivity index (χ1) is 8.58. The lowest BCUT2D eigenvalue weighted by Gasteiger charge is -2.28. The van der Waals surface area contributed by atoms with Crippen LogP contribution in [-0.2, 0) is 15.0 Å². The number of rotatable bonds is 4. The van der Waals surface area contributed by atoms with Gasteiger partial charge in [-0.2, -0.15) is 8.42 Å². The van der Waals surface area contributed by atoms with Gasteiger partial charge >= 0.3 is 16.3 Å². The van der Waals surface area contributed by atoms with Crippen molar-refractivity contribution in [2.24, 2.45) is 0 Å². The van der Waals surface area contributed by atoms with Gasteiger partial charge in [0.2, 0.25) is 0 Å². The Morgan fingerprint density at radius 3 is 2.58 bits per heavy atom. The smallest absolute Gasteiger partial charge is 0.410 e. The second kappa shape index (κ2) is 6.07. The van der Waals surface area contributed by atoms with Crippen molar-refractivity contribution in [3.8, 4) is 0 Å². The largest absolute Gasteiger partial charge is 0.444 e. The van der Waals surface area contributed by atoms with Crippen molar-refractivity contribution in [1.82, 2.24) is 4.90 Å². The van der Waals surface area contributed by atoms with Gasteiger partial charge in [0, 0.05) is 12.6 Å². The molecule has 0 N–H and O–H groups in total. The van der Waals surface area contributed by atoms with Crippen LogP contribution < -0.4 is 0 Å². The molecule has 1 aliphatic heterocycles. The van der Waals surface area contributed by atoms with E-state index in [9.17, 15) is 17.1 Å². The summed E-state index contributed by atoms with van der Waals surface area (Å²) in [5, 5.41) is 0. The van der Waals surface area contributed by atoms with Gasteiger partial charge in [-0.25, -0.2) is 4.79 Å². The van der Waals surface area contributed by atoms with Crippen molar-refractivity contribution >= 4 is 16.3 Å². The molecular weight excluding hydrogens is 273 g/mol. The van der Waals surface area contributed by atoms with Gasteiger partial charge in [-0.3, -0.25) is 0 Å². The molecule has 0 spiro atoms. The molecule has 1 amide bonds. The number of hydrogen-bond donors (Lipinski definition) is 0. The van der Waals surface area contributed by atoms with E-state index in [0.717, 1.165) is 12.8 Å². The highest BCUT2D eigenvalue weighted by Gasteiger charge is 2.31. The average molecular weight is 295 g/mol. The first kappa shape index (κ1) is 16.2. The van der Waals surface area contributed by atoms with Gasteiger partial charge in [0.1, 0.15) is 5.60 Å². The van der Waals surface area contributed by atoms with E-state index >= 15 is 0 Å². The highest BCUT2D eigenvalue weighted by molar-refractivity contribution is 7.86. The number of hydrogen-bond acceptors (Lipinski definition) is 4. The molecule has 1 aliphatic rings. The summed E-state index contributed by atoms with van der Waals surface area (Å²) < 4.78 is 38.6. The Morgan fingerprint density at radius 1 is 1.42 bits per heavy atom. The molecule has 0 aromatic carbocycles. The lowest BCUT2D eigenvalue weighted by Crippen LogP contribution is -2.39. The first-order valence-corrected chi connectivity index (χ1v) is 8.06. The standard InChI is InChI=1S/C12H22FNO4S/c1-12(2,3)18-11(15)14-8-4-6-10(14)7-5-9-19(13,16)17/h10H,4-9H2,1-3H3. The molecule has 7 heteroatoms. The Labute approximate surface area is 114 Å². The lowest BCUT2D eigenvalue weighted by atomic mass is 10.1. The third kappa shape index (κ3) is 6.22. The molecule has 0 aromatic rings. The minimum Gasteiger partial charge on any atom is -0.444 e. The van der Waals surface area contributed by atoms with E-state index in [1.165, 1.54) is 0 Å². The Bertz CT molecular complexity index is 416. The molecule has 19 heavy (non-hydrogen) atoms. The molecule has 0 radical (unpaired) electrons. The first-order valence-electron chi connectivity index (χ1n) is 6.50. The summed E-state index contributed by atoms with van der Waals surface area (Å²) in [6.07, 6.45) is 2.02. The van der Waals surface area contributed by atoms with Gasteiger partial charge in [-0.15, -0.1) is 3.89 Å². The average Bonchev–Trinajstić information content (AvgIpc) is 2.61. The molecule has 5 nitrogen and oxygen atoms in total. The van der Waals surface area contributed by atoms with Gasteiger partial charge in [-0.05, 0) is 46.5 Å². The van der Waals surface area contributed by atoms with E-state index < -0.39 is 21.6 Å². The van der Waals surface area contributed by atoms with Crippen LogP contribution in [0.4, 0.5) is 8.68 Å². The van der Waals surface area contributed by atoms with Gasteiger partial charge in [0.25, 0.3) is 0 Å². The second-order valence-electron chi connectivity index (χ2n) is 5.85. The quantitative estimate of drug-likeness (QED) is 0.747. The zero-order chi connectivity index (χ0) is 14.7. The number of likely N-dealkylation sites (tertiary alicyclic amines) is 1. The predicted octanol–water partition coefficient (Wildman–Crippen LogP) is 2.47. The Kier molecular flexibility index (Phi) is 5.18. The molecule has 1 unspecified atom stereocenters. The summed E-state index contributed by atoms with van der Waals surface area (Å²) in [7, 11) is -4.42. The van der Waals surface area contributed by atoms with Crippen LogP contribution in [0.1, 0.15) is 46.5 Å². The number of ether oxygens (including phenoxy) is 1. The number of nitrogens with zero attached hydrogens (tertiary/aromatic N) is 1. The molecular formula is C12H22FNO4S. The topological polar surface area (TPSA) is 63.7 Å². The van der Waals surface area contributed by atoms with Gasteiger partial charge in [0.15, 0.2) is 0 Å². The third-order valence-electron chi connectivity index (χ3n) is 2.93. The summed E-state index contributed by atoms with van der Waals surface area (Å²) in [4.78, 5) is 13.6. The van der Waals surface area contributed by atoms with Crippen molar-refractivity contribution in [2.45, 2.75) is 58.1 Å². The van der Waals surface area contributed by atoms with Crippen molar-refractivity contribution in [3.63, 3.8) is 0 Å². The van der Waals surface area contributed by atoms with E-state index in [1.54, 1.807) is 25.7 Å². The summed E-state index contributed by atoms with van der Waals surface area (Å²) >= 11 is 0. The highest BCUT2D eigenvalue weighted by Crippen LogP contribution is 2.24. The Balaban J connectivity index is 2.48. The Hall–Kier alpha value is -0.850. The van der Waals surface area contributed by atoms with Gasteiger partial charge < -0.3 is 9.64 Å². The fraction of sp³-hybridized carbons (Fsp3) is 0.917. The number of halogens is 1. The second-order valence-corrected chi connectivity index (χ2v) is 7.34. The van der Waals surface area contributed by atoms with Crippen LogP contribution in [-0.4, -0.2) is 43.4 Å². The molecule has 1 fully saturated rings. The maximum Gasteiger partial charge on any atom is 0.410 e. The van der Waals surface area contributed by atoms with Crippen LogP contribution in [0.25, 0.3) is 0 Å². The highest BCUT2D eigenvalue weighted by atomic mass is 32.3. The maximum atomic E-state index is 12.4. The fourth-order valence-corrected chi connectivity index (χ4v) is 2.70. The number of amides is 1. The third-order valence-corrected chi connectivity index (χ3v) is 3.71.